The van der Waals surface area contributed by atoms with Crippen molar-refractivity contribution in [2.45, 2.75) is 32.8 Å². The molecule has 0 aliphatic rings. The van der Waals surface area contributed by atoms with Gasteiger partial charge in [0.25, 0.3) is 0 Å². The molecule has 0 amide bonds. The van der Waals surface area contributed by atoms with Gasteiger partial charge in [0, 0.05) is 13.7 Å². The summed E-state index contributed by atoms with van der Waals surface area (Å²) in [6.07, 6.45) is 2.65. The second-order valence-corrected chi connectivity index (χ2v) is 3.55. The molecule has 0 radical (unpaired) electrons. The fourth-order valence-electron chi connectivity index (χ4n) is 1.18. The van der Waals surface area contributed by atoms with Crippen LogP contribution in [-0.2, 0) is 4.74 Å². The maximum absolute atomic E-state index is 5.60. The second-order valence-electron chi connectivity index (χ2n) is 3.55. The van der Waals surface area contributed by atoms with Crippen LogP contribution in [0.15, 0.2) is 0 Å². The van der Waals surface area contributed by atoms with E-state index in [0.717, 1.165) is 19.6 Å². The van der Waals surface area contributed by atoms with Gasteiger partial charge in [-0.3, -0.25) is 0 Å². The lowest BCUT2D eigenvalue weighted by molar-refractivity contribution is 0.117. The highest BCUT2D eigenvalue weighted by molar-refractivity contribution is 4.61. The summed E-state index contributed by atoms with van der Waals surface area (Å²) in [6.45, 7) is 7.03. The van der Waals surface area contributed by atoms with Crippen LogP contribution in [0, 0.1) is 5.92 Å². The Bertz CT molecular complexity index is 105. The molecule has 0 bridgehead atoms. The number of hydrogen-bond donors (Lipinski definition) is 2. The van der Waals surface area contributed by atoms with Gasteiger partial charge in [-0.15, -0.1) is 0 Å². The van der Waals surface area contributed by atoms with Gasteiger partial charge in [0.15, 0.2) is 0 Å². The van der Waals surface area contributed by atoms with Gasteiger partial charge in [0.1, 0.15) is 0 Å². The van der Waals surface area contributed by atoms with E-state index in [9.17, 15) is 0 Å². The minimum atomic E-state index is 0.304. The van der Waals surface area contributed by atoms with Gasteiger partial charge in [-0.1, -0.05) is 13.3 Å². The topological polar surface area (TPSA) is 47.3 Å². The van der Waals surface area contributed by atoms with Crippen molar-refractivity contribution in [1.82, 2.24) is 5.32 Å². The van der Waals surface area contributed by atoms with E-state index in [-0.39, 0.29) is 0 Å². The van der Waals surface area contributed by atoms with Crippen LogP contribution in [0.5, 0.6) is 0 Å². The number of rotatable bonds is 8. The first-order valence-electron chi connectivity index (χ1n) is 5.18. The van der Waals surface area contributed by atoms with E-state index in [4.69, 9.17) is 10.5 Å². The molecule has 0 spiro atoms. The zero-order valence-electron chi connectivity index (χ0n) is 9.18. The summed E-state index contributed by atoms with van der Waals surface area (Å²) < 4.78 is 5.12. The summed E-state index contributed by atoms with van der Waals surface area (Å²) in [6, 6.07) is 0. The van der Waals surface area contributed by atoms with Gasteiger partial charge in [-0.2, -0.15) is 0 Å². The van der Waals surface area contributed by atoms with Crippen LogP contribution in [0.25, 0.3) is 0 Å². The van der Waals surface area contributed by atoms with Crippen LogP contribution in [-0.4, -0.2) is 32.8 Å². The van der Waals surface area contributed by atoms with Crippen LogP contribution in [0.2, 0.25) is 0 Å². The zero-order valence-corrected chi connectivity index (χ0v) is 9.18. The molecule has 0 aliphatic carbocycles. The smallest absolute Gasteiger partial charge is 0.0667 e. The summed E-state index contributed by atoms with van der Waals surface area (Å²) in [5.74, 6) is 0.672. The number of nitrogens with one attached hydrogen (secondary N) is 1. The Labute approximate surface area is 82.0 Å². The summed E-state index contributed by atoms with van der Waals surface area (Å²) in [5.41, 5.74) is 5.60. The maximum Gasteiger partial charge on any atom is 0.0667 e. The van der Waals surface area contributed by atoms with Crippen molar-refractivity contribution in [1.29, 1.82) is 0 Å². The lowest BCUT2D eigenvalue weighted by atomic mass is 10.0. The van der Waals surface area contributed by atoms with Crippen molar-refractivity contribution in [3.8, 4) is 0 Å². The molecule has 0 fully saturated rings. The highest BCUT2D eigenvalue weighted by atomic mass is 16.5. The third-order valence-electron chi connectivity index (χ3n) is 2.47. The van der Waals surface area contributed by atoms with E-state index in [1.165, 1.54) is 12.8 Å². The predicted molar refractivity (Wildman–Crippen MR) is 56.8 cm³/mol. The van der Waals surface area contributed by atoms with Gasteiger partial charge in [-0.25, -0.2) is 0 Å². The molecule has 0 heterocycles. The minimum absolute atomic E-state index is 0.304. The van der Waals surface area contributed by atoms with Crippen LogP contribution in [0.3, 0.4) is 0 Å². The maximum atomic E-state index is 5.60. The average Bonchev–Trinajstić information content (AvgIpc) is 2.18. The Balaban J connectivity index is 3.23. The molecule has 0 aromatic rings. The standard InChI is InChI=1S/C10H24N2O/c1-4-10(7-11)5-6-12-8-9(2)13-3/h9-10,12H,4-8,11H2,1-3H3. The Kier molecular flexibility index (Phi) is 8.40. The predicted octanol–water partition coefficient (Wildman–Crippen LogP) is 0.986. The second kappa shape index (κ2) is 8.48. The fraction of sp³-hybridized carbons (Fsp3) is 1.00. The Morgan fingerprint density at radius 1 is 1.46 bits per heavy atom. The van der Waals surface area contributed by atoms with Crippen molar-refractivity contribution >= 4 is 0 Å². The third-order valence-corrected chi connectivity index (χ3v) is 2.47. The van der Waals surface area contributed by atoms with Gasteiger partial charge in [0.05, 0.1) is 6.10 Å². The molecule has 3 nitrogen and oxygen atoms in total. The molecule has 0 rings (SSSR count). The Morgan fingerprint density at radius 3 is 2.62 bits per heavy atom. The van der Waals surface area contributed by atoms with Gasteiger partial charge >= 0.3 is 0 Å². The quantitative estimate of drug-likeness (QED) is 0.558. The zero-order chi connectivity index (χ0) is 10.1. The normalized spacial score (nSPS) is 15.7. The van der Waals surface area contributed by atoms with Crippen molar-refractivity contribution in [3.05, 3.63) is 0 Å². The molecular weight excluding hydrogens is 164 g/mol. The SMILES string of the molecule is CCC(CN)CCNCC(C)OC. The summed E-state index contributed by atoms with van der Waals surface area (Å²) in [7, 11) is 1.74. The van der Waals surface area contributed by atoms with Crippen molar-refractivity contribution in [3.63, 3.8) is 0 Å². The first kappa shape index (κ1) is 12.9. The summed E-state index contributed by atoms with van der Waals surface area (Å²) >= 11 is 0. The molecule has 0 aliphatic heterocycles. The van der Waals surface area contributed by atoms with E-state index in [1.807, 2.05) is 0 Å². The monoisotopic (exact) mass is 188 g/mol. The Hall–Kier alpha value is -0.120. The summed E-state index contributed by atoms with van der Waals surface area (Å²) in [4.78, 5) is 0. The van der Waals surface area contributed by atoms with E-state index < -0.39 is 0 Å². The Morgan fingerprint density at radius 2 is 2.15 bits per heavy atom. The molecule has 80 valence electrons. The molecular formula is C10H24N2O. The van der Waals surface area contributed by atoms with Gasteiger partial charge in [0.2, 0.25) is 0 Å². The van der Waals surface area contributed by atoms with Crippen LogP contribution in [0.4, 0.5) is 0 Å². The highest BCUT2D eigenvalue weighted by Crippen LogP contribution is 2.03. The van der Waals surface area contributed by atoms with Crippen LogP contribution < -0.4 is 11.1 Å². The van der Waals surface area contributed by atoms with E-state index >= 15 is 0 Å². The van der Waals surface area contributed by atoms with Crippen molar-refractivity contribution < 1.29 is 4.74 Å². The van der Waals surface area contributed by atoms with E-state index in [1.54, 1.807) is 7.11 Å². The molecule has 0 aromatic carbocycles. The first-order valence-corrected chi connectivity index (χ1v) is 5.18. The first-order chi connectivity index (χ1) is 6.24. The lowest BCUT2D eigenvalue weighted by Gasteiger charge is -2.14. The van der Waals surface area contributed by atoms with Crippen LogP contribution >= 0.6 is 0 Å². The summed E-state index contributed by atoms with van der Waals surface area (Å²) in [5, 5.41) is 3.35. The molecule has 0 aromatic heterocycles. The third kappa shape index (κ3) is 6.99. The number of ether oxygens (including phenoxy) is 1. The highest BCUT2D eigenvalue weighted by Gasteiger charge is 2.03. The lowest BCUT2D eigenvalue weighted by Crippen LogP contribution is -2.28. The fourth-order valence-corrected chi connectivity index (χ4v) is 1.18. The molecule has 0 saturated carbocycles. The average molecular weight is 188 g/mol. The van der Waals surface area contributed by atoms with E-state index in [0.29, 0.717) is 12.0 Å². The number of methoxy groups -OCH3 is 1. The number of nitrogens with two attached hydrogens (primary N) is 1. The largest absolute Gasteiger partial charge is 0.380 e. The van der Waals surface area contributed by atoms with E-state index in [2.05, 4.69) is 19.2 Å². The minimum Gasteiger partial charge on any atom is -0.380 e. The molecule has 3 N–H and O–H groups in total. The molecule has 13 heavy (non-hydrogen) atoms. The number of hydrogen-bond acceptors (Lipinski definition) is 3. The molecule has 3 heteroatoms. The molecule has 0 saturated heterocycles. The van der Waals surface area contributed by atoms with Gasteiger partial charge in [-0.05, 0) is 32.4 Å². The van der Waals surface area contributed by atoms with Crippen molar-refractivity contribution in [2.24, 2.45) is 11.7 Å². The van der Waals surface area contributed by atoms with Gasteiger partial charge < -0.3 is 15.8 Å². The van der Waals surface area contributed by atoms with Crippen LogP contribution in [0.1, 0.15) is 26.7 Å². The molecule has 2 unspecified atom stereocenters. The van der Waals surface area contributed by atoms with Crippen molar-refractivity contribution in [2.75, 3.05) is 26.7 Å². The molecule has 2 atom stereocenters.